The molecular formula is C15H17NO. The largest absolute Gasteiger partial charge is 0.623 e. The summed E-state index contributed by atoms with van der Waals surface area (Å²) in [6, 6.07) is 14.1. The van der Waals surface area contributed by atoms with Crippen LogP contribution in [0.5, 0.6) is 0 Å². The van der Waals surface area contributed by atoms with E-state index in [4.69, 9.17) is 0 Å². The molecule has 2 aliphatic rings. The van der Waals surface area contributed by atoms with E-state index in [0.29, 0.717) is 0 Å². The number of hydrogen-bond acceptors (Lipinski definition) is 1. The Bertz CT molecular complexity index is 523. The van der Waals surface area contributed by atoms with E-state index in [1.165, 1.54) is 0 Å². The zero-order chi connectivity index (χ0) is 12.5. The van der Waals surface area contributed by atoms with Crippen molar-refractivity contribution >= 4 is 6.21 Å². The Labute approximate surface area is 102 Å². The number of fused-ring (bicyclic) bond motifs is 1. The third-order valence-corrected chi connectivity index (χ3v) is 2.74. The molecule has 0 radical (unpaired) electrons. The van der Waals surface area contributed by atoms with Gasteiger partial charge in [-0.3, -0.25) is 0 Å². The Kier molecular flexibility index (Phi) is 2.88. The highest BCUT2D eigenvalue weighted by molar-refractivity contribution is 5.90. The summed E-state index contributed by atoms with van der Waals surface area (Å²) in [5, 5.41) is 11.9. The van der Waals surface area contributed by atoms with E-state index in [1.807, 2.05) is 57.2 Å². The molecule has 0 atom stereocenters. The summed E-state index contributed by atoms with van der Waals surface area (Å²) in [6.07, 6.45) is 1.67. The van der Waals surface area contributed by atoms with Crippen LogP contribution in [0.2, 0.25) is 0 Å². The first-order valence-electron chi connectivity index (χ1n) is 5.77. The third kappa shape index (κ3) is 2.47. The standard InChI is InChI=1S/C15H17NO/c1-15(2,3)16(17)11-13-10-9-12-7-5-4-6-8-14(12)13/h4-11H,1-3H3. The second-order valence-electron chi connectivity index (χ2n) is 5.19. The summed E-state index contributed by atoms with van der Waals surface area (Å²) in [5.74, 6) is 0. The maximum absolute atomic E-state index is 11.9. The van der Waals surface area contributed by atoms with Crippen LogP contribution in [0.3, 0.4) is 0 Å². The first-order chi connectivity index (χ1) is 7.98. The van der Waals surface area contributed by atoms with Gasteiger partial charge in [-0.25, -0.2) is 4.74 Å². The van der Waals surface area contributed by atoms with E-state index in [2.05, 4.69) is 6.07 Å². The number of hydrogen-bond donors (Lipinski definition) is 0. The van der Waals surface area contributed by atoms with Gasteiger partial charge in [0, 0.05) is 26.3 Å². The zero-order valence-electron chi connectivity index (χ0n) is 10.5. The summed E-state index contributed by atoms with van der Waals surface area (Å²) in [4.78, 5) is 0. The highest BCUT2D eigenvalue weighted by atomic mass is 16.5. The molecule has 0 saturated carbocycles. The molecule has 88 valence electrons. The van der Waals surface area contributed by atoms with Crippen LogP contribution >= 0.6 is 0 Å². The minimum absolute atomic E-state index is 0.402. The molecule has 0 N–H and O–H groups in total. The fourth-order valence-electron chi connectivity index (χ4n) is 1.67. The molecule has 0 aromatic rings. The maximum Gasteiger partial charge on any atom is 0.182 e. The van der Waals surface area contributed by atoms with Crippen LogP contribution in [0.25, 0.3) is 11.1 Å². The van der Waals surface area contributed by atoms with Crippen molar-refractivity contribution in [1.29, 1.82) is 0 Å². The summed E-state index contributed by atoms with van der Waals surface area (Å²) >= 11 is 0. The number of nitrogens with zero attached hydrogens (tertiary/aromatic N) is 1. The predicted octanol–water partition coefficient (Wildman–Crippen LogP) is 3.52. The van der Waals surface area contributed by atoms with E-state index in [-0.39, 0.29) is 0 Å². The fraction of sp³-hybridized carbons (Fsp3) is 0.267. The number of rotatable bonds is 1. The van der Waals surface area contributed by atoms with Crippen molar-refractivity contribution in [2.24, 2.45) is 0 Å². The van der Waals surface area contributed by atoms with Gasteiger partial charge in [-0.2, -0.15) is 0 Å². The van der Waals surface area contributed by atoms with Crippen molar-refractivity contribution < 1.29 is 4.74 Å². The normalized spacial score (nSPS) is 13.0. The van der Waals surface area contributed by atoms with Gasteiger partial charge in [0.05, 0.1) is 0 Å². The maximum atomic E-state index is 11.9. The zero-order valence-corrected chi connectivity index (χ0v) is 10.5. The molecule has 0 saturated heterocycles. The Hall–Kier alpha value is -1.83. The monoisotopic (exact) mass is 227 g/mol. The SMILES string of the molecule is CC(C)(C)[N+]([O-])=Cc1ccc2cccccc1-2. The summed E-state index contributed by atoms with van der Waals surface area (Å²) < 4.78 is 1.01. The van der Waals surface area contributed by atoms with E-state index >= 15 is 0 Å². The van der Waals surface area contributed by atoms with Crippen LogP contribution in [0.4, 0.5) is 0 Å². The molecule has 2 heteroatoms. The van der Waals surface area contributed by atoms with Gasteiger partial charge in [-0.15, -0.1) is 0 Å². The molecule has 0 unspecified atom stereocenters. The van der Waals surface area contributed by atoms with Gasteiger partial charge >= 0.3 is 0 Å². The van der Waals surface area contributed by atoms with Gasteiger partial charge in [-0.1, -0.05) is 36.4 Å². The van der Waals surface area contributed by atoms with Crippen LogP contribution < -0.4 is 0 Å². The molecule has 0 aromatic carbocycles. The van der Waals surface area contributed by atoms with Crippen molar-refractivity contribution in [3.8, 4) is 11.1 Å². The van der Waals surface area contributed by atoms with Crippen molar-refractivity contribution in [2.45, 2.75) is 26.3 Å². The highest BCUT2D eigenvalue weighted by Crippen LogP contribution is 2.25. The Balaban J connectivity index is 2.47. The van der Waals surface area contributed by atoms with Gasteiger partial charge in [0.15, 0.2) is 11.8 Å². The summed E-state index contributed by atoms with van der Waals surface area (Å²) in [5.41, 5.74) is 2.84. The molecule has 0 amide bonds. The van der Waals surface area contributed by atoms with E-state index in [1.54, 1.807) is 6.21 Å². The van der Waals surface area contributed by atoms with Gasteiger partial charge in [0.25, 0.3) is 0 Å². The van der Waals surface area contributed by atoms with Crippen molar-refractivity contribution in [2.75, 3.05) is 0 Å². The molecule has 2 aliphatic carbocycles. The Morgan fingerprint density at radius 1 is 1.00 bits per heavy atom. The second-order valence-corrected chi connectivity index (χ2v) is 5.19. The minimum atomic E-state index is -0.402. The smallest absolute Gasteiger partial charge is 0.182 e. The van der Waals surface area contributed by atoms with Gasteiger partial charge in [0.2, 0.25) is 0 Å². The van der Waals surface area contributed by atoms with Gasteiger partial charge in [0.1, 0.15) is 0 Å². The lowest BCUT2D eigenvalue weighted by molar-refractivity contribution is -0.530. The lowest BCUT2D eigenvalue weighted by Gasteiger charge is -2.18. The van der Waals surface area contributed by atoms with Crippen LogP contribution in [-0.2, 0) is 0 Å². The fourth-order valence-corrected chi connectivity index (χ4v) is 1.67. The molecule has 0 bridgehead atoms. The van der Waals surface area contributed by atoms with Gasteiger partial charge in [-0.05, 0) is 17.2 Å². The molecular weight excluding hydrogens is 210 g/mol. The van der Waals surface area contributed by atoms with Crippen molar-refractivity contribution in [1.82, 2.24) is 0 Å². The molecule has 0 fully saturated rings. The molecule has 2 nitrogen and oxygen atoms in total. The summed E-state index contributed by atoms with van der Waals surface area (Å²) in [7, 11) is 0. The first-order valence-corrected chi connectivity index (χ1v) is 5.77. The van der Waals surface area contributed by atoms with Crippen LogP contribution in [0.1, 0.15) is 26.3 Å². The van der Waals surface area contributed by atoms with E-state index < -0.39 is 5.54 Å². The van der Waals surface area contributed by atoms with Crippen LogP contribution in [0, 0.1) is 5.21 Å². The van der Waals surface area contributed by atoms with E-state index in [9.17, 15) is 5.21 Å². The lowest BCUT2D eigenvalue weighted by Crippen LogP contribution is -2.29. The van der Waals surface area contributed by atoms with Crippen molar-refractivity contribution in [3.63, 3.8) is 0 Å². The Morgan fingerprint density at radius 2 is 1.71 bits per heavy atom. The summed E-state index contributed by atoms with van der Waals surface area (Å²) in [6.45, 7) is 5.71. The van der Waals surface area contributed by atoms with Crippen LogP contribution in [0.15, 0.2) is 42.5 Å². The average molecular weight is 227 g/mol. The van der Waals surface area contributed by atoms with Crippen molar-refractivity contribution in [3.05, 3.63) is 53.2 Å². The second kappa shape index (κ2) is 4.21. The third-order valence-electron chi connectivity index (χ3n) is 2.74. The average Bonchev–Trinajstić information content (AvgIpc) is 2.48. The van der Waals surface area contributed by atoms with Gasteiger partial charge < -0.3 is 5.21 Å². The molecule has 0 spiro atoms. The molecule has 2 rings (SSSR count). The topological polar surface area (TPSA) is 26.1 Å². The molecule has 0 aromatic heterocycles. The first kappa shape index (κ1) is 11.6. The predicted molar refractivity (Wildman–Crippen MR) is 71.6 cm³/mol. The molecule has 0 aliphatic heterocycles. The van der Waals surface area contributed by atoms with Crippen LogP contribution in [-0.4, -0.2) is 16.5 Å². The molecule has 17 heavy (non-hydrogen) atoms. The minimum Gasteiger partial charge on any atom is -0.623 e. The number of hydroxylamine groups is 1. The lowest BCUT2D eigenvalue weighted by atomic mass is 10.1. The quantitative estimate of drug-likeness (QED) is 0.317. The Morgan fingerprint density at radius 3 is 2.41 bits per heavy atom. The molecule has 0 heterocycles. The van der Waals surface area contributed by atoms with E-state index in [0.717, 1.165) is 21.4 Å². The highest BCUT2D eigenvalue weighted by Gasteiger charge is 2.19.